The van der Waals surface area contributed by atoms with Crippen LogP contribution in [0.15, 0.2) is 270 Å². The van der Waals surface area contributed by atoms with E-state index in [2.05, 4.69) is 0 Å². The number of esters is 1. The fourth-order valence-corrected chi connectivity index (χ4v) is 25.2. The summed E-state index contributed by atoms with van der Waals surface area (Å²) < 4.78 is 115. The first-order chi connectivity index (χ1) is 40.4. The lowest BCUT2D eigenvalue weighted by Gasteiger charge is -2.33. The van der Waals surface area contributed by atoms with Crippen LogP contribution in [0.2, 0.25) is 0 Å². The van der Waals surface area contributed by atoms with Gasteiger partial charge in [-0.05, 0) is 104 Å². The van der Waals surface area contributed by atoms with Crippen molar-refractivity contribution in [2.45, 2.75) is 6.92 Å². The summed E-state index contributed by atoms with van der Waals surface area (Å²) in [4.78, 5) is 27.4. The molecule has 4 unspecified atom stereocenters. The Labute approximate surface area is 478 Å². The Morgan fingerprint density at radius 3 is 0.795 bits per heavy atom. The zero-order valence-electron chi connectivity index (χ0n) is 43.9. The van der Waals surface area contributed by atoms with Gasteiger partial charge in [0.05, 0.1) is 0 Å². The molecule has 83 heavy (non-hydrogen) atoms. The van der Waals surface area contributed by atoms with Crippen LogP contribution in [-0.4, -0.2) is 43.7 Å². The van der Waals surface area contributed by atoms with Gasteiger partial charge in [0, 0.05) is 0 Å². The van der Waals surface area contributed by atoms with E-state index in [1.807, 2.05) is 0 Å². The van der Waals surface area contributed by atoms with Gasteiger partial charge in [-0.1, -0.05) is 146 Å². The standard InChI is InChI=1S/C55H52N6O16P6/c1-46(63)42-66-78(70-47-26-10-2-11-27-47)56-79(71-48-28-12-3-13-29-48,59-82(58-78,74-51-34-18-6-19-35-51)75-52-36-20-7-21-37-52)67-43-55(64)65-45-69-81(73-50-32-16-5-17-33-50)57-80(68-44-62,72-49-30-14-4-15-31-49)60-83(61-81,76-53-38-22-8-23-39-53)77-54-40-24-9-25-41-54/h2-41,62H,42-45H2,1H3. The van der Waals surface area contributed by atoms with Crippen molar-refractivity contribution in [1.82, 2.24) is 0 Å². The van der Waals surface area contributed by atoms with Crippen molar-refractivity contribution >= 4 is 57.7 Å². The molecule has 0 saturated carbocycles. The van der Waals surface area contributed by atoms with Gasteiger partial charge in [-0.25, -0.2) is 4.79 Å². The van der Waals surface area contributed by atoms with Crippen molar-refractivity contribution in [3.8, 4) is 46.0 Å². The second-order valence-corrected chi connectivity index (χ2v) is 29.7. The molecule has 0 aromatic heterocycles. The lowest BCUT2D eigenvalue weighted by Crippen LogP contribution is -2.17. The summed E-state index contributed by atoms with van der Waals surface area (Å²) >= 11 is 0. The van der Waals surface area contributed by atoms with Gasteiger partial charge in [-0.15, -0.1) is 27.1 Å². The number of aliphatic hydroxyl groups excluding tert-OH is 1. The van der Waals surface area contributed by atoms with Gasteiger partial charge in [0.2, 0.25) is 6.79 Å². The number of carbonyl (C=O) groups excluding carboxylic acids is 2. The molecular weight excluding hydrogens is 1190 g/mol. The highest BCUT2D eigenvalue weighted by molar-refractivity contribution is 7.79. The molecule has 0 spiro atoms. The topological polar surface area (TPSA) is 249 Å². The molecule has 0 aliphatic carbocycles. The number of hydrogen-bond donors (Lipinski definition) is 1. The highest BCUT2D eigenvalue weighted by Gasteiger charge is 2.49. The van der Waals surface area contributed by atoms with Crippen molar-refractivity contribution in [3.63, 3.8) is 0 Å². The number of aliphatic hydroxyl groups is 1. The molecule has 2 aliphatic heterocycles. The van der Waals surface area contributed by atoms with E-state index in [0.29, 0.717) is 0 Å². The first-order valence-electron chi connectivity index (χ1n) is 25.1. The van der Waals surface area contributed by atoms with E-state index < -0.39 is 84.5 Å². The third kappa shape index (κ3) is 16.2. The van der Waals surface area contributed by atoms with Crippen molar-refractivity contribution in [2.24, 2.45) is 27.1 Å². The average Bonchev–Trinajstić information content (AvgIpc) is 1.89. The van der Waals surface area contributed by atoms with Crippen LogP contribution in [-0.2, 0) is 32.4 Å². The number of rotatable bonds is 27. The summed E-state index contributed by atoms with van der Waals surface area (Å²) in [5, 5.41) is 10.6. The molecule has 8 aromatic carbocycles. The maximum absolute atomic E-state index is 14.5. The van der Waals surface area contributed by atoms with Crippen LogP contribution in [0.1, 0.15) is 6.92 Å². The molecule has 0 bridgehead atoms. The number of hydrogen-bond acceptors (Lipinski definition) is 22. The summed E-state index contributed by atoms with van der Waals surface area (Å²) in [6.45, 7) is -2.08. The predicted molar refractivity (Wildman–Crippen MR) is 315 cm³/mol. The molecular formula is C55H52N6O16P6. The van der Waals surface area contributed by atoms with E-state index in [0.717, 1.165) is 0 Å². The maximum atomic E-state index is 14.5. The van der Waals surface area contributed by atoms with Crippen molar-refractivity contribution in [1.29, 1.82) is 0 Å². The Hall–Kier alpha value is -7.52. The minimum absolute atomic E-state index is 0.182. The largest absolute Gasteiger partial charge is 0.459 e. The number of Topliss-reactive ketones (excluding diaryl/α,β-unsaturated/α-hetero) is 1. The summed E-state index contributed by atoms with van der Waals surface area (Å²) in [6, 6.07) is 68.2. The number of para-hydroxylation sites is 8. The Kier molecular flexibility index (Phi) is 19.3. The Bertz CT molecular complexity index is 3740. The van der Waals surface area contributed by atoms with E-state index in [1.165, 1.54) is 6.92 Å². The molecule has 10 rings (SSSR count). The van der Waals surface area contributed by atoms with E-state index in [-0.39, 0.29) is 46.0 Å². The molecule has 4 atom stereocenters. The Balaban J connectivity index is 1.08. The van der Waals surface area contributed by atoms with Crippen LogP contribution in [0.25, 0.3) is 0 Å². The average molecular weight is 1240 g/mol. The quantitative estimate of drug-likeness (QED) is 0.0285. The van der Waals surface area contributed by atoms with Crippen LogP contribution in [0, 0.1) is 0 Å². The van der Waals surface area contributed by atoms with Crippen LogP contribution in [0.5, 0.6) is 46.0 Å². The normalized spacial score (nSPS) is 20.9. The molecule has 8 aromatic rings. The lowest BCUT2D eigenvalue weighted by atomic mass is 10.3. The Morgan fingerprint density at radius 2 is 0.530 bits per heavy atom. The van der Waals surface area contributed by atoms with Crippen LogP contribution in [0.3, 0.4) is 0 Å². The van der Waals surface area contributed by atoms with Crippen molar-refractivity contribution in [3.05, 3.63) is 243 Å². The number of nitrogens with zero attached hydrogens (tertiary/aromatic N) is 6. The number of benzene rings is 8. The zero-order chi connectivity index (χ0) is 57.3. The molecule has 0 amide bonds. The minimum Gasteiger partial charge on any atom is -0.436 e. The highest BCUT2D eigenvalue weighted by atomic mass is 31.3. The molecule has 0 fully saturated rings. The van der Waals surface area contributed by atoms with Crippen molar-refractivity contribution < 1.29 is 73.7 Å². The highest BCUT2D eigenvalue weighted by Crippen LogP contribution is 2.81. The number of ketones is 1. The molecule has 1 N–H and O–H groups in total. The first kappa shape index (κ1) is 58.7. The van der Waals surface area contributed by atoms with Gasteiger partial charge in [-0.2, -0.15) is 0 Å². The van der Waals surface area contributed by atoms with E-state index in [1.54, 1.807) is 243 Å². The molecule has 2 aliphatic rings. The van der Waals surface area contributed by atoms with Gasteiger partial charge in [-0.3, -0.25) is 22.9 Å². The summed E-state index contributed by atoms with van der Waals surface area (Å²) in [5.74, 6) is 0.390. The fraction of sp³-hybridized carbons (Fsp3) is 0.0909. The van der Waals surface area contributed by atoms with Gasteiger partial charge < -0.3 is 46.0 Å². The smallest absolute Gasteiger partial charge is 0.436 e. The van der Waals surface area contributed by atoms with Gasteiger partial charge in [0.15, 0.2) is 19.2 Å². The summed E-state index contributed by atoms with van der Waals surface area (Å²) in [7, 11) is -26.1. The van der Waals surface area contributed by atoms with E-state index in [9.17, 15) is 14.7 Å². The molecule has 0 radical (unpaired) electrons. The van der Waals surface area contributed by atoms with Crippen LogP contribution in [0.4, 0.5) is 0 Å². The predicted octanol–water partition coefficient (Wildman–Crippen LogP) is 17.4. The second kappa shape index (κ2) is 27.3. The zero-order valence-corrected chi connectivity index (χ0v) is 49.2. The first-order valence-corrected chi connectivity index (χ1v) is 34.3. The molecule has 0 saturated heterocycles. The summed E-state index contributed by atoms with van der Waals surface area (Å²) in [6.07, 6.45) is 0. The van der Waals surface area contributed by atoms with Gasteiger partial charge in [0.1, 0.15) is 52.6 Å². The molecule has 428 valence electrons. The molecule has 2 heterocycles. The number of carbonyl (C=O) groups is 2. The third-order valence-electron chi connectivity index (χ3n) is 10.5. The van der Waals surface area contributed by atoms with E-state index in [4.69, 9.17) is 86.1 Å². The van der Waals surface area contributed by atoms with Gasteiger partial charge >= 0.3 is 51.9 Å². The lowest BCUT2D eigenvalue weighted by molar-refractivity contribution is -0.152. The van der Waals surface area contributed by atoms with Gasteiger partial charge in [0.25, 0.3) is 0 Å². The molecule has 28 heteroatoms. The SMILES string of the molecule is CC(=O)COP1(Oc2ccccc2)=NP(OCC(=O)OCOP2(Oc3ccccc3)=NP(OCO)(Oc3ccccc3)=NP(Oc3ccccc3)(Oc3ccccc3)=N2)(Oc2ccccc2)=NP(Oc2ccccc2)(Oc2ccccc2)=N1. The maximum Gasteiger partial charge on any atom is 0.459 e. The van der Waals surface area contributed by atoms with Crippen LogP contribution < -0.4 is 36.2 Å². The minimum atomic E-state index is -4.49. The third-order valence-corrected chi connectivity index (χ3v) is 26.8. The van der Waals surface area contributed by atoms with Crippen molar-refractivity contribution in [2.75, 3.05) is 26.8 Å². The number of ether oxygens (including phenoxy) is 1. The van der Waals surface area contributed by atoms with E-state index >= 15 is 0 Å². The second-order valence-electron chi connectivity index (χ2n) is 17.0. The molecule has 22 nitrogen and oxygen atoms in total. The van der Waals surface area contributed by atoms with Crippen LogP contribution >= 0.6 is 46.0 Å². The summed E-state index contributed by atoms with van der Waals surface area (Å²) in [5.41, 5.74) is 0. The fourth-order valence-electron chi connectivity index (χ4n) is 7.14. The monoisotopic (exact) mass is 1240 g/mol. The Morgan fingerprint density at radius 1 is 0.313 bits per heavy atom.